The highest BCUT2D eigenvalue weighted by atomic mass is 32.2. The zero-order valence-corrected chi connectivity index (χ0v) is 18.1. The molecule has 0 atom stereocenters. The number of hydrogen-bond donors (Lipinski definition) is 1. The Labute approximate surface area is 176 Å². The van der Waals surface area contributed by atoms with E-state index in [-0.39, 0.29) is 11.7 Å². The van der Waals surface area contributed by atoms with Crippen LogP contribution in [0, 0.1) is 5.92 Å². The highest BCUT2D eigenvalue weighted by molar-refractivity contribution is 7.99. The number of carbonyl (C=O) groups excluding carboxylic acids is 1. The SMILES string of the molecule is CC(C)Cn1c(SCC(=O)Nc2ccc(C(C)C)cc2)nnc1-c1ccncc1. The van der Waals surface area contributed by atoms with E-state index in [1.807, 2.05) is 36.4 Å². The van der Waals surface area contributed by atoms with Gasteiger partial charge in [0.15, 0.2) is 11.0 Å². The van der Waals surface area contributed by atoms with Gasteiger partial charge in [-0.05, 0) is 41.7 Å². The van der Waals surface area contributed by atoms with Gasteiger partial charge in [-0.3, -0.25) is 9.78 Å². The highest BCUT2D eigenvalue weighted by Crippen LogP contribution is 2.25. The molecule has 3 rings (SSSR count). The molecule has 6 nitrogen and oxygen atoms in total. The molecule has 1 aromatic carbocycles. The average Bonchev–Trinajstić information content (AvgIpc) is 3.09. The molecule has 0 fully saturated rings. The lowest BCUT2D eigenvalue weighted by Gasteiger charge is -2.12. The van der Waals surface area contributed by atoms with Gasteiger partial charge in [-0.1, -0.05) is 51.6 Å². The van der Waals surface area contributed by atoms with Crippen molar-refractivity contribution in [1.82, 2.24) is 19.7 Å². The van der Waals surface area contributed by atoms with Crippen molar-refractivity contribution in [1.29, 1.82) is 0 Å². The Bertz CT molecular complexity index is 936. The number of hydrogen-bond acceptors (Lipinski definition) is 5. The van der Waals surface area contributed by atoms with Crippen LogP contribution in [-0.4, -0.2) is 31.4 Å². The molecular formula is C22H27N5OS. The first-order chi connectivity index (χ1) is 13.9. The van der Waals surface area contributed by atoms with Crippen molar-refractivity contribution in [3.63, 3.8) is 0 Å². The van der Waals surface area contributed by atoms with Crippen molar-refractivity contribution < 1.29 is 4.79 Å². The minimum Gasteiger partial charge on any atom is -0.325 e. The summed E-state index contributed by atoms with van der Waals surface area (Å²) in [4.78, 5) is 16.5. The normalized spacial score (nSPS) is 11.2. The fourth-order valence-electron chi connectivity index (χ4n) is 2.92. The second-order valence-electron chi connectivity index (χ2n) is 7.66. The van der Waals surface area contributed by atoms with Crippen LogP contribution in [0.1, 0.15) is 39.2 Å². The van der Waals surface area contributed by atoms with Gasteiger partial charge in [-0.25, -0.2) is 0 Å². The largest absolute Gasteiger partial charge is 0.325 e. The second kappa shape index (κ2) is 9.69. The number of carbonyl (C=O) groups is 1. The average molecular weight is 410 g/mol. The van der Waals surface area contributed by atoms with E-state index >= 15 is 0 Å². The molecule has 3 aromatic rings. The van der Waals surface area contributed by atoms with Gasteiger partial charge in [0.05, 0.1) is 5.75 Å². The lowest BCUT2D eigenvalue weighted by Crippen LogP contribution is -2.15. The summed E-state index contributed by atoms with van der Waals surface area (Å²) in [7, 11) is 0. The zero-order chi connectivity index (χ0) is 20.8. The van der Waals surface area contributed by atoms with E-state index in [0.29, 0.717) is 11.8 Å². The fourth-order valence-corrected chi connectivity index (χ4v) is 3.67. The molecule has 0 aliphatic carbocycles. The molecular weight excluding hydrogens is 382 g/mol. The molecule has 0 saturated carbocycles. The van der Waals surface area contributed by atoms with Gasteiger partial charge in [0, 0.05) is 30.2 Å². The molecule has 0 saturated heterocycles. The standard InChI is InChI=1S/C22H27N5OS/c1-15(2)13-27-21(18-9-11-23-12-10-18)25-26-22(27)29-14-20(28)24-19-7-5-17(6-8-19)16(3)4/h5-12,15-16H,13-14H2,1-4H3,(H,24,28). The van der Waals surface area contributed by atoms with Crippen LogP contribution >= 0.6 is 11.8 Å². The Morgan fingerprint density at radius 2 is 1.72 bits per heavy atom. The first kappa shape index (κ1) is 21.0. The summed E-state index contributed by atoms with van der Waals surface area (Å²) in [5, 5.41) is 12.4. The molecule has 152 valence electrons. The third-order valence-electron chi connectivity index (χ3n) is 4.40. The van der Waals surface area contributed by atoms with Gasteiger partial charge in [-0.15, -0.1) is 10.2 Å². The van der Waals surface area contributed by atoms with Gasteiger partial charge >= 0.3 is 0 Å². The maximum Gasteiger partial charge on any atom is 0.234 e. The number of nitrogens with one attached hydrogen (secondary N) is 1. The van der Waals surface area contributed by atoms with Crippen molar-refractivity contribution in [3.8, 4) is 11.4 Å². The minimum absolute atomic E-state index is 0.0585. The molecule has 1 amide bonds. The Morgan fingerprint density at radius 3 is 2.34 bits per heavy atom. The van der Waals surface area contributed by atoms with Crippen LogP contribution in [-0.2, 0) is 11.3 Å². The monoisotopic (exact) mass is 409 g/mol. The van der Waals surface area contributed by atoms with Crippen molar-refractivity contribution in [3.05, 3.63) is 54.4 Å². The minimum atomic E-state index is -0.0585. The third-order valence-corrected chi connectivity index (χ3v) is 5.36. The van der Waals surface area contributed by atoms with E-state index in [9.17, 15) is 4.79 Å². The summed E-state index contributed by atoms with van der Waals surface area (Å²) in [6, 6.07) is 11.8. The van der Waals surface area contributed by atoms with Crippen molar-refractivity contribution in [2.45, 2.75) is 45.3 Å². The van der Waals surface area contributed by atoms with Crippen LogP contribution in [0.3, 0.4) is 0 Å². The topological polar surface area (TPSA) is 72.7 Å². The molecule has 2 aromatic heterocycles. The predicted octanol–water partition coefficient (Wildman–Crippen LogP) is 4.85. The molecule has 7 heteroatoms. The quantitative estimate of drug-likeness (QED) is 0.538. The smallest absolute Gasteiger partial charge is 0.234 e. The summed E-state index contributed by atoms with van der Waals surface area (Å²) < 4.78 is 2.08. The Morgan fingerprint density at radius 1 is 1.03 bits per heavy atom. The molecule has 0 spiro atoms. The maximum atomic E-state index is 12.4. The van der Waals surface area contributed by atoms with Crippen molar-refractivity contribution in [2.75, 3.05) is 11.1 Å². The Hall–Kier alpha value is -2.67. The van der Waals surface area contributed by atoms with Crippen molar-refractivity contribution in [2.24, 2.45) is 5.92 Å². The summed E-state index contributed by atoms with van der Waals surface area (Å²) in [6.45, 7) is 9.39. The summed E-state index contributed by atoms with van der Waals surface area (Å²) in [6.07, 6.45) is 3.49. The number of nitrogens with zero attached hydrogens (tertiary/aromatic N) is 4. The van der Waals surface area contributed by atoms with Crippen LogP contribution in [0.4, 0.5) is 5.69 Å². The number of thioether (sulfide) groups is 1. The number of benzene rings is 1. The van der Waals surface area contributed by atoms with E-state index in [1.165, 1.54) is 17.3 Å². The highest BCUT2D eigenvalue weighted by Gasteiger charge is 2.16. The molecule has 2 heterocycles. The van der Waals surface area contributed by atoms with Gasteiger partial charge in [0.1, 0.15) is 0 Å². The number of amides is 1. The summed E-state index contributed by atoms with van der Waals surface area (Å²) in [5.41, 5.74) is 3.03. The van der Waals surface area contributed by atoms with Crippen LogP contribution in [0.15, 0.2) is 53.9 Å². The molecule has 0 aliphatic heterocycles. The number of aromatic nitrogens is 4. The van der Waals surface area contributed by atoms with Gasteiger partial charge in [-0.2, -0.15) is 0 Å². The van der Waals surface area contributed by atoms with Crippen LogP contribution < -0.4 is 5.32 Å². The van der Waals surface area contributed by atoms with Gasteiger partial charge < -0.3 is 9.88 Å². The van der Waals surface area contributed by atoms with Gasteiger partial charge in [0.2, 0.25) is 5.91 Å². The van der Waals surface area contributed by atoms with E-state index in [2.05, 4.69) is 52.8 Å². The van der Waals surface area contributed by atoms with Crippen molar-refractivity contribution >= 4 is 23.4 Å². The van der Waals surface area contributed by atoms with Crippen LogP contribution in [0.5, 0.6) is 0 Å². The van der Waals surface area contributed by atoms with E-state index < -0.39 is 0 Å². The number of pyridine rings is 1. The van der Waals surface area contributed by atoms with Gasteiger partial charge in [0.25, 0.3) is 0 Å². The second-order valence-corrected chi connectivity index (χ2v) is 8.60. The summed E-state index contributed by atoms with van der Waals surface area (Å²) >= 11 is 1.40. The maximum absolute atomic E-state index is 12.4. The van der Waals surface area contributed by atoms with E-state index in [1.54, 1.807) is 12.4 Å². The van der Waals surface area contributed by atoms with E-state index in [0.717, 1.165) is 28.8 Å². The first-order valence-electron chi connectivity index (χ1n) is 9.80. The van der Waals surface area contributed by atoms with E-state index in [4.69, 9.17) is 0 Å². The molecule has 0 radical (unpaired) electrons. The lowest BCUT2D eigenvalue weighted by molar-refractivity contribution is -0.113. The Kier molecular flexibility index (Phi) is 7.04. The molecule has 1 N–H and O–H groups in total. The number of rotatable bonds is 8. The molecule has 0 aliphatic rings. The van der Waals surface area contributed by atoms with Crippen LogP contribution in [0.2, 0.25) is 0 Å². The predicted molar refractivity (Wildman–Crippen MR) is 118 cm³/mol. The van der Waals surface area contributed by atoms with Crippen LogP contribution in [0.25, 0.3) is 11.4 Å². The third kappa shape index (κ3) is 5.67. The fraction of sp³-hybridized carbons (Fsp3) is 0.364. The zero-order valence-electron chi connectivity index (χ0n) is 17.3. The Balaban J connectivity index is 1.68. The first-order valence-corrected chi connectivity index (χ1v) is 10.8. The number of anilines is 1. The lowest BCUT2D eigenvalue weighted by atomic mass is 10.0. The molecule has 29 heavy (non-hydrogen) atoms. The summed E-state index contributed by atoms with van der Waals surface area (Å²) in [5.74, 6) is 1.92. The molecule has 0 bridgehead atoms. The molecule has 0 unspecified atom stereocenters.